The Bertz CT molecular complexity index is 1290. The number of aromatic nitrogens is 2. The molecule has 4 rings (SSSR count). The van der Waals surface area contributed by atoms with Crippen LogP contribution in [0.2, 0.25) is 0 Å². The lowest BCUT2D eigenvalue weighted by Gasteiger charge is -2.47. The fourth-order valence-electron chi connectivity index (χ4n) is 7.01. The Balaban J connectivity index is 0.000000236. The number of hydrogen-bond donors (Lipinski definition) is 1. The van der Waals surface area contributed by atoms with Crippen LogP contribution in [0.3, 0.4) is 0 Å². The van der Waals surface area contributed by atoms with Gasteiger partial charge >= 0.3 is 0 Å². The van der Waals surface area contributed by atoms with Crippen LogP contribution in [0, 0.1) is 10.8 Å². The first-order valence-corrected chi connectivity index (χ1v) is 16.0. The summed E-state index contributed by atoms with van der Waals surface area (Å²) in [6.07, 6.45) is 9.64. The molecule has 2 aliphatic rings. The van der Waals surface area contributed by atoms with E-state index in [2.05, 4.69) is 88.1 Å². The van der Waals surface area contributed by atoms with Crippen LogP contribution < -0.4 is 9.47 Å². The zero-order valence-corrected chi connectivity index (χ0v) is 30.0. The molecule has 0 amide bonds. The Morgan fingerprint density at radius 1 is 0.628 bits per heavy atom. The van der Waals surface area contributed by atoms with E-state index in [4.69, 9.17) is 19.2 Å². The topological polar surface area (TPSA) is 73.7 Å². The highest BCUT2D eigenvalue weighted by Gasteiger charge is 2.49. The summed E-state index contributed by atoms with van der Waals surface area (Å²) in [5.41, 5.74) is 5.00. The summed E-state index contributed by atoms with van der Waals surface area (Å²) in [6, 6.07) is 0. The Labute approximate surface area is 262 Å². The molecule has 0 radical (unpaired) electrons. The summed E-state index contributed by atoms with van der Waals surface area (Å²) in [4.78, 5) is 9.56. The normalized spacial score (nSPS) is 22.6. The van der Waals surface area contributed by atoms with Crippen molar-refractivity contribution < 1.29 is 19.3 Å². The summed E-state index contributed by atoms with van der Waals surface area (Å²) >= 11 is 0. The van der Waals surface area contributed by atoms with E-state index in [1.807, 2.05) is 19.5 Å². The predicted molar refractivity (Wildman–Crippen MR) is 176 cm³/mol. The number of rotatable bonds is 3. The van der Waals surface area contributed by atoms with Gasteiger partial charge in [-0.1, -0.05) is 83.1 Å². The molecule has 2 aromatic rings. The molecule has 2 aromatic heterocycles. The van der Waals surface area contributed by atoms with E-state index in [-0.39, 0.29) is 27.3 Å². The minimum Gasteiger partial charge on any atom is -0.496 e. The molecule has 242 valence electrons. The summed E-state index contributed by atoms with van der Waals surface area (Å²) in [5.74, 6) is 1.91. The molecule has 2 aliphatic carbocycles. The van der Waals surface area contributed by atoms with Crippen LogP contribution in [-0.4, -0.2) is 36.4 Å². The smallest absolute Gasteiger partial charge is 0.129 e. The third-order valence-electron chi connectivity index (χ3n) is 9.77. The fourth-order valence-corrected chi connectivity index (χ4v) is 7.01. The monoisotopic (exact) mass is 596 g/mol. The van der Waals surface area contributed by atoms with Crippen LogP contribution in [0.4, 0.5) is 0 Å². The molecular formula is C37H60N2O4. The Kier molecular flexibility index (Phi) is 9.82. The molecule has 0 spiro atoms. The number of aliphatic hydroxyl groups is 1. The number of pyridine rings is 2. The first-order valence-electron chi connectivity index (χ1n) is 16.0. The lowest BCUT2D eigenvalue weighted by atomic mass is 9.66. The van der Waals surface area contributed by atoms with Gasteiger partial charge in [-0.3, -0.25) is 9.97 Å². The second-order valence-corrected chi connectivity index (χ2v) is 16.7. The third kappa shape index (κ3) is 6.33. The molecule has 0 saturated heterocycles. The van der Waals surface area contributed by atoms with Crippen LogP contribution in [-0.2, 0) is 39.6 Å². The van der Waals surface area contributed by atoms with Gasteiger partial charge in [-0.2, -0.15) is 0 Å². The van der Waals surface area contributed by atoms with Crippen molar-refractivity contribution in [2.45, 2.75) is 144 Å². The zero-order valence-electron chi connectivity index (χ0n) is 30.0. The van der Waals surface area contributed by atoms with Gasteiger partial charge in [-0.15, -0.1) is 0 Å². The Morgan fingerprint density at radius 2 is 1.05 bits per heavy atom. The van der Waals surface area contributed by atoms with E-state index < -0.39 is 5.60 Å². The molecule has 0 aliphatic heterocycles. The summed E-state index contributed by atoms with van der Waals surface area (Å²) < 4.78 is 17.6. The average Bonchev–Trinajstić information content (AvgIpc) is 2.89. The maximum absolute atomic E-state index is 11.3. The minimum atomic E-state index is -0.885. The van der Waals surface area contributed by atoms with Gasteiger partial charge < -0.3 is 19.3 Å². The molecule has 0 saturated carbocycles. The molecule has 2 heterocycles. The van der Waals surface area contributed by atoms with Crippen LogP contribution in [0.1, 0.15) is 142 Å². The molecule has 0 bridgehead atoms. The molecule has 1 N–H and O–H groups in total. The van der Waals surface area contributed by atoms with Crippen LogP contribution >= 0.6 is 0 Å². The van der Waals surface area contributed by atoms with E-state index in [0.717, 1.165) is 72.5 Å². The highest BCUT2D eigenvalue weighted by atomic mass is 16.5. The summed E-state index contributed by atoms with van der Waals surface area (Å²) in [7, 11) is 5.30. The largest absolute Gasteiger partial charge is 0.496 e. The molecular weight excluding hydrogens is 536 g/mol. The van der Waals surface area contributed by atoms with Crippen molar-refractivity contribution >= 4 is 0 Å². The van der Waals surface area contributed by atoms with Gasteiger partial charge in [0.05, 0.1) is 25.6 Å². The molecule has 0 aromatic carbocycles. The van der Waals surface area contributed by atoms with E-state index in [1.54, 1.807) is 14.2 Å². The molecule has 43 heavy (non-hydrogen) atoms. The van der Waals surface area contributed by atoms with Gasteiger partial charge in [0.25, 0.3) is 0 Å². The molecule has 2 unspecified atom stereocenters. The van der Waals surface area contributed by atoms with Crippen molar-refractivity contribution in [1.82, 2.24) is 9.97 Å². The van der Waals surface area contributed by atoms with Gasteiger partial charge in [0, 0.05) is 41.8 Å². The first kappa shape index (κ1) is 35.3. The average molecular weight is 597 g/mol. The maximum atomic E-state index is 11.3. The van der Waals surface area contributed by atoms with Crippen molar-refractivity contribution in [3.05, 3.63) is 46.0 Å². The van der Waals surface area contributed by atoms with E-state index in [0.29, 0.717) is 0 Å². The van der Waals surface area contributed by atoms with Gasteiger partial charge in [-0.05, 0) is 60.2 Å². The highest BCUT2D eigenvalue weighted by molar-refractivity contribution is 5.50. The second kappa shape index (κ2) is 12.0. The third-order valence-corrected chi connectivity index (χ3v) is 9.77. The number of hydrogen-bond acceptors (Lipinski definition) is 6. The molecule has 6 heteroatoms. The van der Waals surface area contributed by atoms with Gasteiger partial charge in [-0.25, -0.2) is 0 Å². The van der Waals surface area contributed by atoms with E-state index >= 15 is 0 Å². The van der Waals surface area contributed by atoms with Crippen molar-refractivity contribution in [1.29, 1.82) is 0 Å². The van der Waals surface area contributed by atoms with E-state index in [9.17, 15) is 5.11 Å². The zero-order chi connectivity index (χ0) is 32.8. The number of fused-ring (bicyclic) bond motifs is 2. The number of nitrogens with zero attached hydrogens (tertiary/aromatic N) is 2. The summed E-state index contributed by atoms with van der Waals surface area (Å²) in [6.45, 7) is 26.0. The Morgan fingerprint density at radius 3 is 1.42 bits per heavy atom. The van der Waals surface area contributed by atoms with Crippen LogP contribution in [0.5, 0.6) is 11.5 Å². The fraction of sp³-hybridized carbons (Fsp3) is 0.730. The SMILES string of the molecule is COc1c(C(C)(C)C)cnc2c1CCCC2(O)C(C)(C)C.COc1c(C(C)(C)C)cnc2c1CCCC2(OC)C(C)(C)C. The van der Waals surface area contributed by atoms with Crippen LogP contribution in [0.25, 0.3) is 0 Å². The predicted octanol–water partition coefficient (Wildman–Crippen LogP) is 8.57. The summed E-state index contributed by atoms with van der Waals surface area (Å²) in [5, 5.41) is 11.3. The maximum Gasteiger partial charge on any atom is 0.129 e. The standard InChI is InChI=1S/C19H31NO2.C18H29NO2/c1-17(2,3)14-12-20-16-13(15(14)21-7)10-9-11-19(16,22-8)18(4,5)6;1-16(2,3)13-11-19-15-12(14(13)21-7)9-8-10-18(15,20)17(4,5)6/h12H,9-11H2,1-8H3;11,20H,8-10H2,1-7H3. The lowest BCUT2D eigenvalue weighted by molar-refractivity contribution is -0.114. The highest BCUT2D eigenvalue weighted by Crippen LogP contribution is 2.52. The van der Waals surface area contributed by atoms with Gasteiger partial charge in [0.15, 0.2) is 0 Å². The Hall–Kier alpha value is -2.18. The van der Waals surface area contributed by atoms with Crippen molar-refractivity contribution in [3.8, 4) is 11.5 Å². The van der Waals surface area contributed by atoms with Gasteiger partial charge in [0.2, 0.25) is 0 Å². The van der Waals surface area contributed by atoms with E-state index in [1.165, 1.54) is 11.1 Å². The second-order valence-electron chi connectivity index (χ2n) is 16.7. The quantitative estimate of drug-likeness (QED) is 0.383. The first-order chi connectivity index (χ1) is 19.6. The molecule has 0 fully saturated rings. The van der Waals surface area contributed by atoms with Gasteiger partial charge in [0.1, 0.15) is 22.7 Å². The lowest BCUT2D eigenvalue weighted by Crippen LogP contribution is -2.45. The number of ether oxygens (including phenoxy) is 3. The minimum absolute atomic E-state index is 0.0157. The van der Waals surface area contributed by atoms with Crippen molar-refractivity contribution in [2.75, 3.05) is 21.3 Å². The van der Waals surface area contributed by atoms with Crippen LogP contribution in [0.15, 0.2) is 12.4 Å². The van der Waals surface area contributed by atoms with Crippen molar-refractivity contribution in [2.24, 2.45) is 10.8 Å². The van der Waals surface area contributed by atoms with Crippen molar-refractivity contribution in [3.63, 3.8) is 0 Å². The number of methoxy groups -OCH3 is 3. The molecule has 2 atom stereocenters. The molecule has 6 nitrogen and oxygen atoms in total.